The number of alkyl halides is 1. The van der Waals surface area contributed by atoms with Gasteiger partial charge in [0, 0.05) is 11.8 Å². The number of carbonyl (C=O) groups is 1. The van der Waals surface area contributed by atoms with Crippen molar-refractivity contribution >= 4 is 29.2 Å². The summed E-state index contributed by atoms with van der Waals surface area (Å²) >= 11 is 11.0. The number of pyridine rings is 1. The third-order valence-corrected chi connectivity index (χ3v) is 2.59. The Bertz CT molecular complexity index is 399. The van der Waals surface area contributed by atoms with Crippen molar-refractivity contribution in [2.75, 3.05) is 5.88 Å². The predicted octanol–water partition coefficient (Wildman–Crippen LogP) is 1.07. The highest BCUT2D eigenvalue weighted by Gasteiger charge is 2.22. The quantitative estimate of drug-likeness (QED) is 0.560. The molecule has 0 fully saturated rings. The smallest absolute Gasteiger partial charge is 0.337 e. The minimum absolute atomic E-state index is 0.0368. The molecule has 16 heavy (non-hydrogen) atoms. The zero-order valence-electron chi connectivity index (χ0n) is 7.97. The van der Waals surface area contributed by atoms with Crippen molar-refractivity contribution in [3.8, 4) is 0 Å². The van der Waals surface area contributed by atoms with Crippen molar-refractivity contribution < 1.29 is 20.1 Å². The van der Waals surface area contributed by atoms with Crippen LogP contribution in [0.5, 0.6) is 0 Å². The Hall–Kier alpha value is -0.880. The molecule has 7 heteroatoms. The zero-order valence-corrected chi connectivity index (χ0v) is 9.48. The Morgan fingerprint density at radius 3 is 2.62 bits per heavy atom. The summed E-state index contributed by atoms with van der Waals surface area (Å²) in [5.41, 5.74) is -0.0880. The maximum atomic E-state index is 10.7. The number of hydrogen-bond acceptors (Lipinski definition) is 4. The number of halogens is 2. The van der Waals surface area contributed by atoms with Gasteiger partial charge in [-0.05, 0) is 6.07 Å². The first-order valence-corrected chi connectivity index (χ1v) is 5.19. The normalized spacial score (nSPS) is 14.5. The number of aromatic nitrogens is 1. The van der Waals surface area contributed by atoms with Gasteiger partial charge in [0.2, 0.25) is 0 Å². The first-order valence-electron chi connectivity index (χ1n) is 4.28. The monoisotopic (exact) mass is 265 g/mol. The van der Waals surface area contributed by atoms with Crippen LogP contribution in [0, 0.1) is 0 Å². The number of carboxylic acid groups (broad SMARTS) is 1. The Morgan fingerprint density at radius 1 is 1.50 bits per heavy atom. The number of nitrogens with zero attached hydrogens (tertiary/aromatic N) is 1. The molecule has 5 nitrogen and oxygen atoms in total. The molecule has 0 aromatic carbocycles. The second kappa shape index (κ2) is 5.45. The Morgan fingerprint density at radius 2 is 2.12 bits per heavy atom. The lowest BCUT2D eigenvalue weighted by Gasteiger charge is -2.16. The summed E-state index contributed by atoms with van der Waals surface area (Å²) in [5.74, 6) is -1.40. The first kappa shape index (κ1) is 13.2. The van der Waals surface area contributed by atoms with Gasteiger partial charge in [-0.25, -0.2) is 9.78 Å². The molecule has 1 rings (SSSR count). The lowest BCUT2D eigenvalue weighted by atomic mass is 10.1. The average Bonchev–Trinajstić information content (AvgIpc) is 2.27. The summed E-state index contributed by atoms with van der Waals surface area (Å²) in [4.78, 5) is 14.3. The molecule has 88 valence electrons. The van der Waals surface area contributed by atoms with E-state index in [4.69, 9.17) is 28.3 Å². The van der Waals surface area contributed by atoms with Gasteiger partial charge in [-0.1, -0.05) is 11.6 Å². The minimum atomic E-state index is -1.36. The first-order chi connectivity index (χ1) is 7.47. The molecule has 0 saturated heterocycles. The van der Waals surface area contributed by atoms with Gasteiger partial charge in [-0.15, -0.1) is 11.6 Å². The summed E-state index contributed by atoms with van der Waals surface area (Å²) in [6, 6.07) is 1.15. The van der Waals surface area contributed by atoms with Gasteiger partial charge in [-0.2, -0.15) is 0 Å². The van der Waals surface area contributed by atoms with Crippen LogP contribution in [0.4, 0.5) is 0 Å². The van der Waals surface area contributed by atoms with E-state index in [1.54, 1.807) is 0 Å². The van der Waals surface area contributed by atoms with E-state index in [0.29, 0.717) is 0 Å². The third kappa shape index (κ3) is 2.82. The van der Waals surface area contributed by atoms with Crippen molar-refractivity contribution in [1.82, 2.24) is 4.98 Å². The highest BCUT2D eigenvalue weighted by Crippen LogP contribution is 2.25. The topological polar surface area (TPSA) is 90.7 Å². The third-order valence-electron chi connectivity index (χ3n) is 1.95. The number of aliphatic hydroxyl groups is 2. The van der Waals surface area contributed by atoms with Gasteiger partial charge in [0.05, 0.1) is 17.5 Å². The van der Waals surface area contributed by atoms with E-state index in [1.807, 2.05) is 0 Å². The molecule has 0 radical (unpaired) electrons. The Kier molecular flexibility index (Phi) is 4.49. The average molecular weight is 266 g/mol. The Balaban J connectivity index is 3.11. The highest BCUT2D eigenvalue weighted by atomic mass is 35.5. The molecule has 1 heterocycles. The highest BCUT2D eigenvalue weighted by molar-refractivity contribution is 6.30. The van der Waals surface area contributed by atoms with Crippen LogP contribution in [-0.4, -0.2) is 38.3 Å². The van der Waals surface area contributed by atoms with Gasteiger partial charge in [0.1, 0.15) is 11.3 Å². The van der Waals surface area contributed by atoms with Crippen LogP contribution in [0.15, 0.2) is 12.3 Å². The van der Waals surface area contributed by atoms with E-state index in [0.717, 1.165) is 12.3 Å². The molecule has 0 bridgehead atoms. The van der Waals surface area contributed by atoms with E-state index >= 15 is 0 Å². The van der Waals surface area contributed by atoms with Crippen molar-refractivity contribution in [3.63, 3.8) is 0 Å². The van der Waals surface area contributed by atoms with Crippen molar-refractivity contribution in [3.05, 3.63) is 28.5 Å². The molecule has 0 aliphatic carbocycles. The summed E-state index contributed by atoms with van der Waals surface area (Å²) in [7, 11) is 0. The second-order valence-electron chi connectivity index (χ2n) is 3.08. The summed E-state index contributed by atoms with van der Waals surface area (Å²) in [6.07, 6.45) is -1.53. The van der Waals surface area contributed by atoms with Crippen LogP contribution < -0.4 is 0 Å². The van der Waals surface area contributed by atoms with E-state index in [2.05, 4.69) is 4.98 Å². The fourth-order valence-corrected chi connectivity index (χ4v) is 1.47. The van der Waals surface area contributed by atoms with Crippen LogP contribution in [0.2, 0.25) is 5.15 Å². The zero-order chi connectivity index (χ0) is 12.3. The molecule has 0 spiro atoms. The largest absolute Gasteiger partial charge is 0.478 e. The molecular weight excluding hydrogens is 257 g/mol. The number of carboxylic acids is 1. The fraction of sp³-hybridized carbons (Fsp3) is 0.333. The maximum Gasteiger partial charge on any atom is 0.337 e. The Labute approximate surface area is 101 Å². The fourth-order valence-electron chi connectivity index (χ4n) is 1.08. The maximum absolute atomic E-state index is 10.7. The van der Waals surface area contributed by atoms with Gasteiger partial charge < -0.3 is 15.3 Å². The van der Waals surface area contributed by atoms with Gasteiger partial charge >= 0.3 is 5.97 Å². The van der Waals surface area contributed by atoms with E-state index in [9.17, 15) is 15.0 Å². The summed E-state index contributed by atoms with van der Waals surface area (Å²) < 4.78 is 0. The van der Waals surface area contributed by atoms with Gasteiger partial charge in [-0.3, -0.25) is 0 Å². The molecule has 0 amide bonds. The molecule has 3 N–H and O–H groups in total. The van der Waals surface area contributed by atoms with Gasteiger partial charge in [0.15, 0.2) is 0 Å². The number of aromatic carboxylic acids is 1. The molecule has 0 aliphatic rings. The van der Waals surface area contributed by atoms with Gasteiger partial charge in [0.25, 0.3) is 0 Å². The molecule has 0 aliphatic heterocycles. The number of rotatable bonds is 4. The molecule has 0 saturated carbocycles. The van der Waals surface area contributed by atoms with E-state index in [1.165, 1.54) is 0 Å². The second-order valence-corrected chi connectivity index (χ2v) is 3.74. The molecule has 1 aromatic rings. The molecule has 2 atom stereocenters. The van der Waals surface area contributed by atoms with Crippen LogP contribution in [0.1, 0.15) is 22.0 Å². The molecular formula is C9H9Cl2NO4. The molecule has 2 unspecified atom stereocenters. The summed E-state index contributed by atoms with van der Waals surface area (Å²) in [5, 5.41) is 27.6. The van der Waals surface area contributed by atoms with Crippen LogP contribution in [0.25, 0.3) is 0 Å². The SMILES string of the molecule is O=C(O)c1cnc(Cl)c(C(O)C(O)CCl)c1. The van der Waals surface area contributed by atoms with Crippen LogP contribution >= 0.6 is 23.2 Å². The standard InChI is InChI=1S/C9H9Cl2NO4/c10-2-6(13)7(14)5-1-4(9(15)16)3-12-8(5)11/h1,3,6-7,13-14H,2H2,(H,15,16). The van der Waals surface area contributed by atoms with E-state index in [-0.39, 0.29) is 22.2 Å². The van der Waals surface area contributed by atoms with Crippen LogP contribution in [0.3, 0.4) is 0 Å². The number of aliphatic hydroxyl groups excluding tert-OH is 2. The van der Waals surface area contributed by atoms with Crippen molar-refractivity contribution in [2.45, 2.75) is 12.2 Å². The summed E-state index contributed by atoms with van der Waals surface area (Å²) in [6.45, 7) is 0. The van der Waals surface area contributed by atoms with E-state index < -0.39 is 18.2 Å². The lowest BCUT2D eigenvalue weighted by Crippen LogP contribution is -2.20. The minimum Gasteiger partial charge on any atom is -0.478 e. The van der Waals surface area contributed by atoms with Crippen molar-refractivity contribution in [2.24, 2.45) is 0 Å². The predicted molar refractivity (Wildman–Crippen MR) is 57.9 cm³/mol. The molecule has 1 aromatic heterocycles. The lowest BCUT2D eigenvalue weighted by molar-refractivity contribution is 0.0324. The van der Waals surface area contributed by atoms with Crippen LogP contribution in [-0.2, 0) is 0 Å². The number of hydrogen-bond donors (Lipinski definition) is 3. The van der Waals surface area contributed by atoms with Crippen molar-refractivity contribution in [1.29, 1.82) is 0 Å².